The first kappa shape index (κ1) is 13.7. The molecule has 0 saturated carbocycles. The monoisotopic (exact) mass is 274 g/mol. The van der Waals surface area contributed by atoms with Gasteiger partial charge in [-0.1, -0.05) is 19.1 Å². The Morgan fingerprint density at radius 3 is 2.75 bits per heavy atom. The predicted octanol–water partition coefficient (Wildman–Crippen LogP) is 1.98. The lowest BCUT2D eigenvalue weighted by Crippen LogP contribution is -2.12. The molecule has 0 amide bonds. The first-order chi connectivity index (χ1) is 9.65. The maximum Gasteiger partial charge on any atom is 0.354 e. The number of nitrogens with one attached hydrogen (secondary N) is 2. The molecule has 0 spiro atoms. The molecular weight excluding hydrogens is 260 g/mol. The molecule has 2 rings (SSSR count). The number of aromatic nitrogens is 2. The summed E-state index contributed by atoms with van der Waals surface area (Å²) in [6, 6.07) is 7.56. The molecule has 0 aliphatic heterocycles. The lowest BCUT2D eigenvalue weighted by Gasteiger charge is -2.09. The lowest BCUT2D eigenvalue weighted by molar-refractivity contribution is -0.383. The van der Waals surface area contributed by atoms with E-state index in [1.165, 1.54) is 6.33 Å². The number of nitrogens with two attached hydrogens (primary N) is 1. The lowest BCUT2D eigenvalue weighted by atomic mass is 10.1. The third kappa shape index (κ3) is 2.81. The summed E-state index contributed by atoms with van der Waals surface area (Å²) < 4.78 is 0. The molecule has 0 fully saturated rings. The molecule has 0 aliphatic rings. The van der Waals surface area contributed by atoms with E-state index in [1.807, 2.05) is 25.1 Å². The Morgan fingerprint density at radius 2 is 2.10 bits per heavy atom. The van der Waals surface area contributed by atoms with Crippen LogP contribution in [0.1, 0.15) is 12.5 Å². The minimum Gasteiger partial charge on any atom is -0.334 e. The second kappa shape index (κ2) is 5.93. The van der Waals surface area contributed by atoms with E-state index in [2.05, 4.69) is 20.7 Å². The van der Waals surface area contributed by atoms with Crippen LogP contribution in [0.15, 0.2) is 30.6 Å². The highest BCUT2D eigenvalue weighted by atomic mass is 16.6. The van der Waals surface area contributed by atoms with Crippen molar-refractivity contribution >= 4 is 23.0 Å². The summed E-state index contributed by atoms with van der Waals surface area (Å²) in [4.78, 5) is 18.1. The van der Waals surface area contributed by atoms with Gasteiger partial charge in [-0.05, 0) is 24.1 Å². The van der Waals surface area contributed by atoms with E-state index in [9.17, 15) is 10.1 Å². The molecular formula is C12H14N6O2. The molecule has 0 aliphatic carbocycles. The third-order valence-corrected chi connectivity index (χ3v) is 2.74. The van der Waals surface area contributed by atoms with Crippen molar-refractivity contribution in [3.8, 4) is 0 Å². The number of nitrogens with zero attached hydrogens (tertiary/aromatic N) is 3. The standard InChI is InChI=1S/C12H14N6O2/c1-2-8-4-3-5-9(6-8)16-11-10(18(19)20)12(17-13)15-7-14-11/h3-7H,2,13H2,1H3,(H2,14,15,16,17). The molecule has 4 N–H and O–H groups in total. The van der Waals surface area contributed by atoms with Crippen LogP contribution in [0.25, 0.3) is 0 Å². The van der Waals surface area contributed by atoms with Gasteiger partial charge in [-0.25, -0.2) is 15.8 Å². The van der Waals surface area contributed by atoms with Gasteiger partial charge < -0.3 is 10.7 Å². The van der Waals surface area contributed by atoms with Gasteiger partial charge in [0.25, 0.3) is 0 Å². The highest BCUT2D eigenvalue weighted by Gasteiger charge is 2.22. The Hall–Kier alpha value is -2.74. The van der Waals surface area contributed by atoms with Gasteiger partial charge in [0.2, 0.25) is 11.6 Å². The molecule has 20 heavy (non-hydrogen) atoms. The SMILES string of the molecule is CCc1cccc(Nc2ncnc(NN)c2[N+](=O)[O-])c1. The Balaban J connectivity index is 2.40. The number of anilines is 3. The minimum atomic E-state index is -0.582. The fourth-order valence-electron chi connectivity index (χ4n) is 1.75. The van der Waals surface area contributed by atoms with E-state index >= 15 is 0 Å². The van der Waals surface area contributed by atoms with Crippen molar-refractivity contribution in [2.24, 2.45) is 5.84 Å². The van der Waals surface area contributed by atoms with Crippen LogP contribution >= 0.6 is 0 Å². The van der Waals surface area contributed by atoms with Crippen LogP contribution in [0.5, 0.6) is 0 Å². The van der Waals surface area contributed by atoms with E-state index in [0.717, 1.165) is 12.0 Å². The van der Waals surface area contributed by atoms with Crippen molar-refractivity contribution in [1.29, 1.82) is 0 Å². The summed E-state index contributed by atoms with van der Waals surface area (Å²) in [5.74, 6) is 5.27. The van der Waals surface area contributed by atoms with E-state index < -0.39 is 4.92 Å². The Labute approximate surface area is 115 Å². The highest BCUT2D eigenvalue weighted by molar-refractivity contribution is 5.73. The first-order valence-electron chi connectivity index (χ1n) is 5.97. The molecule has 1 aromatic carbocycles. The van der Waals surface area contributed by atoms with Gasteiger partial charge in [0.15, 0.2) is 0 Å². The summed E-state index contributed by atoms with van der Waals surface area (Å²) >= 11 is 0. The van der Waals surface area contributed by atoms with Crippen LogP contribution in [0.4, 0.5) is 23.0 Å². The molecule has 8 nitrogen and oxygen atoms in total. The normalized spacial score (nSPS) is 10.1. The van der Waals surface area contributed by atoms with E-state index in [1.54, 1.807) is 6.07 Å². The number of aryl methyl sites for hydroxylation is 1. The quantitative estimate of drug-likeness (QED) is 0.433. The summed E-state index contributed by atoms with van der Waals surface area (Å²) in [5.41, 5.74) is 3.73. The molecule has 0 bridgehead atoms. The molecule has 104 valence electrons. The number of benzene rings is 1. The van der Waals surface area contributed by atoms with Crippen LogP contribution in [0.2, 0.25) is 0 Å². The zero-order valence-electron chi connectivity index (χ0n) is 10.8. The van der Waals surface area contributed by atoms with Gasteiger partial charge in [0.1, 0.15) is 6.33 Å². The average Bonchev–Trinajstić information content (AvgIpc) is 2.46. The number of nitrogen functional groups attached to an aromatic ring is 1. The third-order valence-electron chi connectivity index (χ3n) is 2.74. The summed E-state index contributed by atoms with van der Waals surface area (Å²) in [7, 11) is 0. The van der Waals surface area contributed by atoms with Crippen molar-refractivity contribution in [2.45, 2.75) is 13.3 Å². The molecule has 0 saturated heterocycles. The Bertz CT molecular complexity index is 631. The average molecular weight is 274 g/mol. The van der Waals surface area contributed by atoms with Crippen molar-refractivity contribution in [3.05, 3.63) is 46.3 Å². The number of hydrogen-bond donors (Lipinski definition) is 3. The maximum absolute atomic E-state index is 11.1. The topological polar surface area (TPSA) is 119 Å². The van der Waals surface area contributed by atoms with E-state index in [-0.39, 0.29) is 17.3 Å². The number of rotatable bonds is 5. The van der Waals surface area contributed by atoms with Gasteiger partial charge in [0.05, 0.1) is 4.92 Å². The molecule has 2 aromatic rings. The molecule has 0 atom stereocenters. The minimum absolute atomic E-state index is 0.0425. The smallest absolute Gasteiger partial charge is 0.334 e. The Kier molecular flexibility index (Phi) is 4.06. The van der Waals surface area contributed by atoms with E-state index in [4.69, 9.17) is 5.84 Å². The molecule has 8 heteroatoms. The van der Waals surface area contributed by atoms with E-state index in [0.29, 0.717) is 5.69 Å². The van der Waals surface area contributed by atoms with Gasteiger partial charge >= 0.3 is 5.69 Å². The number of nitro groups is 1. The second-order valence-electron chi connectivity index (χ2n) is 4.00. The largest absolute Gasteiger partial charge is 0.354 e. The zero-order chi connectivity index (χ0) is 14.5. The van der Waals surface area contributed by atoms with Crippen LogP contribution in [-0.4, -0.2) is 14.9 Å². The highest BCUT2D eigenvalue weighted by Crippen LogP contribution is 2.30. The van der Waals surface area contributed by atoms with Gasteiger partial charge in [0, 0.05) is 5.69 Å². The second-order valence-corrected chi connectivity index (χ2v) is 4.00. The molecule has 1 heterocycles. The molecule has 0 radical (unpaired) electrons. The van der Waals surface area contributed by atoms with Crippen LogP contribution in [-0.2, 0) is 6.42 Å². The molecule has 0 unspecified atom stereocenters. The summed E-state index contributed by atoms with van der Waals surface area (Å²) in [6.45, 7) is 2.03. The fraction of sp³-hybridized carbons (Fsp3) is 0.167. The number of hydrogen-bond acceptors (Lipinski definition) is 7. The van der Waals surface area contributed by atoms with Crippen LogP contribution < -0.4 is 16.6 Å². The maximum atomic E-state index is 11.1. The van der Waals surface area contributed by atoms with Crippen LogP contribution in [0, 0.1) is 10.1 Å². The number of hydrazine groups is 1. The fourth-order valence-corrected chi connectivity index (χ4v) is 1.75. The Morgan fingerprint density at radius 1 is 1.35 bits per heavy atom. The van der Waals surface area contributed by atoms with Gasteiger partial charge in [-0.2, -0.15) is 0 Å². The van der Waals surface area contributed by atoms with Crippen LogP contribution in [0.3, 0.4) is 0 Å². The summed E-state index contributed by atoms with van der Waals surface area (Å²) in [6.07, 6.45) is 2.07. The predicted molar refractivity (Wildman–Crippen MR) is 75.6 cm³/mol. The van der Waals surface area contributed by atoms with Crippen molar-refractivity contribution < 1.29 is 4.92 Å². The van der Waals surface area contributed by atoms with Gasteiger partial charge in [-0.15, -0.1) is 0 Å². The zero-order valence-corrected chi connectivity index (χ0v) is 10.8. The summed E-state index contributed by atoms with van der Waals surface area (Å²) in [5, 5.41) is 14.0. The van der Waals surface area contributed by atoms with Crippen molar-refractivity contribution in [1.82, 2.24) is 9.97 Å². The van der Waals surface area contributed by atoms with Crippen molar-refractivity contribution in [3.63, 3.8) is 0 Å². The van der Waals surface area contributed by atoms with Crippen molar-refractivity contribution in [2.75, 3.05) is 10.7 Å². The molecule has 1 aromatic heterocycles. The first-order valence-corrected chi connectivity index (χ1v) is 5.97. The van der Waals surface area contributed by atoms with Gasteiger partial charge in [-0.3, -0.25) is 10.1 Å².